The van der Waals surface area contributed by atoms with Crippen molar-refractivity contribution in [2.75, 3.05) is 27.2 Å². The van der Waals surface area contributed by atoms with Crippen molar-refractivity contribution in [3.63, 3.8) is 0 Å². The summed E-state index contributed by atoms with van der Waals surface area (Å²) in [6.45, 7) is 14.8. The summed E-state index contributed by atoms with van der Waals surface area (Å²) in [6.07, 6.45) is 4.14. The van der Waals surface area contributed by atoms with Gasteiger partial charge >= 0.3 is 0 Å². The number of ether oxygens (including phenoxy) is 1. The van der Waals surface area contributed by atoms with E-state index < -0.39 is 0 Å². The van der Waals surface area contributed by atoms with Gasteiger partial charge in [-0.05, 0) is 107 Å². The van der Waals surface area contributed by atoms with Crippen LogP contribution in [0.2, 0.25) is 0 Å². The molecule has 0 spiro atoms. The molecule has 0 unspecified atom stereocenters. The van der Waals surface area contributed by atoms with Crippen LogP contribution in [0.25, 0.3) is 16.2 Å². The summed E-state index contributed by atoms with van der Waals surface area (Å²) in [5, 5.41) is 0.438. The van der Waals surface area contributed by atoms with Gasteiger partial charge in [-0.15, -0.1) is 0 Å². The zero-order valence-corrected chi connectivity index (χ0v) is 23.6. The van der Waals surface area contributed by atoms with Crippen molar-refractivity contribution in [3.05, 3.63) is 70.8 Å². The fourth-order valence-electron chi connectivity index (χ4n) is 2.76. The minimum absolute atomic E-state index is 0.167. The summed E-state index contributed by atoms with van der Waals surface area (Å²) < 4.78 is 5.72. The fourth-order valence-corrected chi connectivity index (χ4v) is 3.03. The van der Waals surface area contributed by atoms with E-state index >= 15 is 0 Å². The summed E-state index contributed by atoms with van der Waals surface area (Å²) in [6, 6.07) is 13.6. The summed E-state index contributed by atoms with van der Waals surface area (Å²) >= 11 is 6.63. The molecule has 35 heavy (non-hydrogen) atoms. The number of hydrogen-bond donors (Lipinski definition) is 0. The first-order valence-electron chi connectivity index (χ1n) is 12.0. The molecule has 0 amide bonds. The molecule has 0 aromatic heterocycles. The highest BCUT2D eigenvalue weighted by Gasteiger charge is 2.13. The van der Waals surface area contributed by atoms with Crippen LogP contribution in [0.15, 0.2) is 48.5 Å². The fraction of sp³-hybridized carbons (Fsp3) is 0.400. The first-order valence-corrected chi connectivity index (χ1v) is 12.3. The largest absolute Gasteiger partial charge is 0.492 e. The Labute approximate surface area is 217 Å². The molecule has 4 nitrogen and oxygen atoms in total. The van der Waals surface area contributed by atoms with E-state index in [9.17, 15) is 9.59 Å². The minimum Gasteiger partial charge on any atom is -0.492 e. The summed E-state index contributed by atoms with van der Waals surface area (Å²) in [4.78, 5) is 23.4. The molecular weight excluding hydrogens is 458 g/mol. The molecule has 0 radical (unpaired) electrons. The number of Topliss-reactive ketones (excluding diaryl/α,β-unsaturated/α-hetero) is 1. The lowest BCUT2D eigenvalue weighted by molar-refractivity contribution is -0.115. The molecule has 192 valence electrons. The molecule has 0 atom stereocenters. The van der Waals surface area contributed by atoms with Crippen LogP contribution < -0.4 is 4.74 Å². The molecule has 5 heteroatoms. The third-order valence-electron chi connectivity index (χ3n) is 4.69. The summed E-state index contributed by atoms with van der Waals surface area (Å²) in [5.41, 5.74) is 5.38. The van der Waals surface area contributed by atoms with Gasteiger partial charge in [0.2, 0.25) is 0 Å². The molecule has 2 aromatic rings. The van der Waals surface area contributed by atoms with Gasteiger partial charge in [-0.2, -0.15) is 0 Å². The van der Waals surface area contributed by atoms with E-state index in [2.05, 4.69) is 37.8 Å². The molecule has 0 heterocycles. The van der Waals surface area contributed by atoms with Crippen LogP contribution in [0.5, 0.6) is 5.75 Å². The molecule has 0 aliphatic rings. The van der Waals surface area contributed by atoms with E-state index in [1.54, 1.807) is 0 Å². The van der Waals surface area contributed by atoms with Gasteiger partial charge in [0.15, 0.2) is 6.29 Å². The van der Waals surface area contributed by atoms with Gasteiger partial charge in [0.25, 0.3) is 0 Å². The molecule has 0 saturated carbocycles. The van der Waals surface area contributed by atoms with Crippen LogP contribution in [0.3, 0.4) is 0 Å². The van der Waals surface area contributed by atoms with Crippen molar-refractivity contribution in [2.24, 2.45) is 0 Å². The third kappa shape index (κ3) is 12.5. The molecular formula is C30H42ClNO3. The van der Waals surface area contributed by atoms with Gasteiger partial charge in [-0.25, -0.2) is 0 Å². The van der Waals surface area contributed by atoms with Crippen LogP contribution >= 0.6 is 11.6 Å². The molecule has 0 fully saturated rings. The lowest BCUT2D eigenvalue weighted by Gasteiger charge is -2.13. The number of aryl methyl sites for hydroxylation is 1. The molecule has 2 aromatic carbocycles. The van der Waals surface area contributed by atoms with Crippen LogP contribution in [-0.4, -0.2) is 44.2 Å². The number of aldehydes is 1. The maximum absolute atomic E-state index is 11.9. The van der Waals surface area contributed by atoms with E-state index in [1.165, 1.54) is 20.3 Å². The van der Waals surface area contributed by atoms with Crippen molar-refractivity contribution in [2.45, 2.75) is 54.9 Å². The second-order valence-corrected chi connectivity index (χ2v) is 9.02. The number of ketones is 1. The molecule has 0 N–H and O–H groups in total. The van der Waals surface area contributed by atoms with Gasteiger partial charge in [-0.3, -0.25) is 4.79 Å². The average molecular weight is 500 g/mol. The number of nitrogens with zero attached hydrogens (tertiary/aromatic N) is 1. The molecule has 2 rings (SSSR count). The third-order valence-corrected chi connectivity index (χ3v) is 5.11. The maximum Gasteiger partial charge on any atom is 0.152 e. The Kier molecular flexibility index (Phi) is 16.3. The summed E-state index contributed by atoms with van der Waals surface area (Å²) in [5.74, 6) is 0.949. The van der Waals surface area contributed by atoms with Crippen LogP contribution in [-0.2, 0) is 9.59 Å². The van der Waals surface area contributed by atoms with E-state index in [0.29, 0.717) is 17.2 Å². The first-order chi connectivity index (χ1) is 16.5. The highest BCUT2D eigenvalue weighted by atomic mass is 35.5. The topological polar surface area (TPSA) is 46.6 Å². The number of rotatable bonds is 8. The SMILES string of the molecule is C/C=C(\C)c1ccc(C)c(/C(C=O)=C(/Cl)c2ccc(OCCN(C)C)cc2)c1.CC(C)=O.CCC. The lowest BCUT2D eigenvalue weighted by atomic mass is 9.94. The smallest absolute Gasteiger partial charge is 0.152 e. The molecule has 0 bridgehead atoms. The zero-order valence-electron chi connectivity index (χ0n) is 22.9. The van der Waals surface area contributed by atoms with Crippen molar-refractivity contribution >= 4 is 39.8 Å². The highest BCUT2D eigenvalue weighted by molar-refractivity contribution is 6.55. The van der Waals surface area contributed by atoms with Crippen molar-refractivity contribution in [1.82, 2.24) is 4.90 Å². The van der Waals surface area contributed by atoms with Crippen LogP contribution in [0.1, 0.15) is 70.2 Å². The van der Waals surface area contributed by atoms with Gasteiger partial charge in [0, 0.05) is 12.1 Å². The van der Waals surface area contributed by atoms with Crippen molar-refractivity contribution < 1.29 is 14.3 Å². The van der Waals surface area contributed by atoms with Crippen LogP contribution in [0, 0.1) is 6.92 Å². The van der Waals surface area contributed by atoms with E-state index in [0.717, 1.165) is 46.4 Å². The van der Waals surface area contributed by atoms with Crippen molar-refractivity contribution in [3.8, 4) is 5.75 Å². The number of allylic oxidation sites excluding steroid dienone is 3. The Bertz CT molecular complexity index is 985. The zero-order chi connectivity index (χ0) is 27.0. The maximum atomic E-state index is 11.9. The highest BCUT2D eigenvalue weighted by Crippen LogP contribution is 2.32. The van der Waals surface area contributed by atoms with E-state index in [4.69, 9.17) is 16.3 Å². The first kappa shape index (κ1) is 32.3. The quantitative estimate of drug-likeness (QED) is 0.212. The number of benzene rings is 2. The Hall–Kier alpha value is -2.69. The van der Waals surface area contributed by atoms with Gasteiger partial charge < -0.3 is 14.4 Å². The Morgan fingerprint density at radius 3 is 1.97 bits per heavy atom. The molecule has 0 aliphatic carbocycles. The second-order valence-electron chi connectivity index (χ2n) is 8.64. The predicted octanol–water partition coefficient (Wildman–Crippen LogP) is 7.68. The normalized spacial score (nSPS) is 11.5. The Morgan fingerprint density at radius 1 is 1.00 bits per heavy atom. The number of carbonyl (C=O) groups is 2. The number of halogens is 1. The standard InChI is InChI=1S/C24H28ClNO2.C3H6O.C3H8/c1-6-17(2)20-8-7-18(3)22(15-20)23(16-27)24(25)19-9-11-21(12-10-19)28-14-13-26(4)5;1-3(2)4;1-3-2/h6-12,15-16H,13-14H2,1-5H3;1-2H3;3H2,1-2H3/b17-6+,24-23+;;. The molecule has 0 aliphatic heterocycles. The predicted molar refractivity (Wildman–Crippen MR) is 152 cm³/mol. The van der Waals surface area contributed by atoms with Gasteiger partial charge in [-0.1, -0.05) is 50.1 Å². The second kappa shape index (κ2) is 17.7. The molecule has 0 saturated heterocycles. The number of carbonyl (C=O) groups excluding carboxylic acids is 2. The Balaban J connectivity index is 0.00000146. The van der Waals surface area contributed by atoms with E-state index in [1.807, 2.05) is 64.3 Å². The lowest BCUT2D eigenvalue weighted by Crippen LogP contribution is -2.19. The monoisotopic (exact) mass is 499 g/mol. The summed E-state index contributed by atoms with van der Waals surface area (Å²) in [7, 11) is 4.01. The number of likely N-dealkylation sites (N-methyl/N-ethyl adjacent to an activating group) is 1. The number of hydrogen-bond acceptors (Lipinski definition) is 4. The van der Waals surface area contributed by atoms with Crippen molar-refractivity contribution in [1.29, 1.82) is 0 Å². The van der Waals surface area contributed by atoms with Crippen LogP contribution in [0.4, 0.5) is 0 Å². The Morgan fingerprint density at radius 2 is 1.51 bits per heavy atom. The average Bonchev–Trinajstić information content (AvgIpc) is 2.80. The van der Waals surface area contributed by atoms with Gasteiger partial charge in [0.1, 0.15) is 18.1 Å². The minimum atomic E-state index is 0.167. The van der Waals surface area contributed by atoms with Gasteiger partial charge in [0.05, 0.1) is 5.03 Å². The van der Waals surface area contributed by atoms with E-state index in [-0.39, 0.29) is 5.78 Å².